The average molecular weight is 336 g/mol. The van der Waals surface area contributed by atoms with Crippen molar-refractivity contribution in [3.8, 4) is 5.75 Å². The van der Waals surface area contributed by atoms with Crippen molar-refractivity contribution in [1.29, 1.82) is 0 Å². The number of fused-ring (bicyclic) bond motifs is 1. The summed E-state index contributed by atoms with van der Waals surface area (Å²) in [6.07, 6.45) is 1.37. The minimum absolute atomic E-state index is 0.179. The molecule has 0 aliphatic rings. The highest BCUT2D eigenvalue weighted by Gasteiger charge is 2.11. The maximum absolute atomic E-state index is 12.4. The highest BCUT2D eigenvalue weighted by atomic mass is 16.5. The number of rotatable bonds is 4. The molecule has 0 unspecified atom stereocenters. The van der Waals surface area contributed by atoms with Crippen molar-refractivity contribution < 1.29 is 9.53 Å². The molecule has 3 rings (SSSR count). The second-order valence-electron chi connectivity index (χ2n) is 6.34. The van der Waals surface area contributed by atoms with Gasteiger partial charge in [0.1, 0.15) is 12.3 Å². The van der Waals surface area contributed by atoms with Gasteiger partial charge in [0.15, 0.2) is 0 Å². The molecule has 2 aromatic carbocycles. The zero-order valence-electron chi connectivity index (χ0n) is 14.5. The summed E-state index contributed by atoms with van der Waals surface area (Å²) in [7, 11) is 0. The molecule has 0 spiro atoms. The molecule has 0 aliphatic carbocycles. The van der Waals surface area contributed by atoms with E-state index in [0.717, 1.165) is 5.56 Å². The third-order valence-corrected chi connectivity index (χ3v) is 4.13. The van der Waals surface area contributed by atoms with Crippen molar-refractivity contribution >= 4 is 16.9 Å². The molecule has 5 nitrogen and oxygen atoms in total. The first-order valence-electron chi connectivity index (χ1n) is 8.21. The van der Waals surface area contributed by atoms with Crippen LogP contribution in [0.5, 0.6) is 5.75 Å². The summed E-state index contributed by atoms with van der Waals surface area (Å²) in [4.78, 5) is 28.8. The molecule has 0 saturated carbocycles. The van der Waals surface area contributed by atoms with E-state index >= 15 is 0 Å². The van der Waals surface area contributed by atoms with Crippen LogP contribution in [0.2, 0.25) is 0 Å². The summed E-state index contributed by atoms with van der Waals surface area (Å²) in [5, 5.41) is 0.481. The van der Waals surface area contributed by atoms with Crippen LogP contribution in [0, 0.1) is 6.92 Å². The summed E-state index contributed by atoms with van der Waals surface area (Å²) in [6.45, 7) is 6.05. The molecule has 1 heterocycles. The van der Waals surface area contributed by atoms with Gasteiger partial charge in [0, 0.05) is 0 Å². The van der Waals surface area contributed by atoms with E-state index in [4.69, 9.17) is 4.74 Å². The van der Waals surface area contributed by atoms with Crippen LogP contribution in [-0.2, 0) is 11.3 Å². The van der Waals surface area contributed by atoms with E-state index in [2.05, 4.69) is 18.8 Å². The average Bonchev–Trinajstić information content (AvgIpc) is 2.57. The molecule has 1 aromatic heterocycles. The highest BCUT2D eigenvalue weighted by Crippen LogP contribution is 2.23. The Morgan fingerprint density at radius 3 is 2.68 bits per heavy atom. The van der Waals surface area contributed by atoms with Crippen LogP contribution in [0.3, 0.4) is 0 Å². The molecule has 128 valence electrons. The minimum Gasteiger partial charge on any atom is -0.425 e. The second-order valence-corrected chi connectivity index (χ2v) is 6.34. The topological polar surface area (TPSA) is 61.2 Å². The largest absolute Gasteiger partial charge is 0.425 e. The number of esters is 1. The summed E-state index contributed by atoms with van der Waals surface area (Å²) >= 11 is 0. The van der Waals surface area contributed by atoms with Gasteiger partial charge in [0.2, 0.25) is 0 Å². The fourth-order valence-corrected chi connectivity index (χ4v) is 2.88. The first-order valence-corrected chi connectivity index (χ1v) is 8.21. The molecule has 0 aliphatic heterocycles. The number of hydrogen-bond acceptors (Lipinski definition) is 4. The maximum atomic E-state index is 12.4. The van der Waals surface area contributed by atoms with E-state index in [9.17, 15) is 9.59 Å². The van der Waals surface area contributed by atoms with Crippen LogP contribution in [0.15, 0.2) is 53.6 Å². The van der Waals surface area contributed by atoms with Crippen molar-refractivity contribution in [3.63, 3.8) is 0 Å². The van der Waals surface area contributed by atoms with Gasteiger partial charge < -0.3 is 4.74 Å². The molecular formula is C20H20N2O3. The Morgan fingerprint density at radius 1 is 1.20 bits per heavy atom. The number of nitrogens with zero attached hydrogens (tertiary/aromatic N) is 2. The van der Waals surface area contributed by atoms with E-state index in [0.29, 0.717) is 22.6 Å². The Kier molecular flexibility index (Phi) is 4.65. The maximum Gasteiger partial charge on any atom is 0.331 e. The zero-order valence-corrected chi connectivity index (χ0v) is 14.5. The number of para-hydroxylation sites is 1. The molecule has 5 heteroatoms. The van der Waals surface area contributed by atoms with E-state index in [1.165, 1.54) is 16.5 Å². The normalized spacial score (nSPS) is 11.0. The monoisotopic (exact) mass is 336 g/mol. The first-order chi connectivity index (χ1) is 12.0. The number of carbonyl (C=O) groups is 1. The number of ether oxygens (including phenoxy) is 1. The Labute approximate surface area is 145 Å². The smallest absolute Gasteiger partial charge is 0.331 e. The minimum atomic E-state index is -0.504. The van der Waals surface area contributed by atoms with Crippen molar-refractivity contribution in [1.82, 2.24) is 9.55 Å². The molecule has 0 radical (unpaired) electrons. The molecule has 25 heavy (non-hydrogen) atoms. The van der Waals surface area contributed by atoms with Gasteiger partial charge in [0.25, 0.3) is 5.56 Å². The van der Waals surface area contributed by atoms with Crippen LogP contribution >= 0.6 is 0 Å². The van der Waals surface area contributed by atoms with Gasteiger partial charge in [-0.15, -0.1) is 0 Å². The van der Waals surface area contributed by atoms with Crippen molar-refractivity contribution in [2.24, 2.45) is 0 Å². The van der Waals surface area contributed by atoms with Gasteiger partial charge in [-0.3, -0.25) is 9.36 Å². The molecule has 0 fully saturated rings. The predicted molar refractivity (Wildman–Crippen MR) is 96.9 cm³/mol. The van der Waals surface area contributed by atoms with E-state index in [1.54, 1.807) is 24.3 Å². The van der Waals surface area contributed by atoms with E-state index in [-0.39, 0.29) is 12.1 Å². The van der Waals surface area contributed by atoms with Gasteiger partial charge >= 0.3 is 5.97 Å². The Morgan fingerprint density at radius 2 is 1.96 bits per heavy atom. The van der Waals surface area contributed by atoms with Crippen LogP contribution in [0.25, 0.3) is 10.9 Å². The number of hydrogen-bond donors (Lipinski definition) is 0. The highest BCUT2D eigenvalue weighted by molar-refractivity contribution is 5.78. The van der Waals surface area contributed by atoms with Crippen molar-refractivity contribution in [2.75, 3.05) is 0 Å². The molecule has 0 saturated heterocycles. The third kappa shape index (κ3) is 3.60. The third-order valence-electron chi connectivity index (χ3n) is 4.13. The second kappa shape index (κ2) is 6.89. The van der Waals surface area contributed by atoms with Crippen LogP contribution in [0.1, 0.15) is 30.9 Å². The lowest BCUT2D eigenvalue weighted by molar-refractivity contribution is -0.135. The molecular weight excluding hydrogens is 316 g/mol. The van der Waals surface area contributed by atoms with E-state index in [1.807, 2.05) is 25.1 Å². The molecule has 0 amide bonds. The van der Waals surface area contributed by atoms with Gasteiger partial charge in [-0.1, -0.05) is 32.0 Å². The van der Waals surface area contributed by atoms with Gasteiger partial charge in [0.05, 0.1) is 17.2 Å². The van der Waals surface area contributed by atoms with Crippen LogP contribution < -0.4 is 10.3 Å². The molecule has 0 N–H and O–H groups in total. The van der Waals surface area contributed by atoms with Crippen molar-refractivity contribution in [3.05, 3.63) is 70.3 Å². The SMILES string of the molecule is Cc1cc(OC(=O)Cn2cnc3ccccc3c2=O)ccc1C(C)C. The van der Waals surface area contributed by atoms with Gasteiger partial charge in [-0.2, -0.15) is 0 Å². The molecule has 3 aromatic rings. The Hall–Kier alpha value is -2.95. The van der Waals surface area contributed by atoms with Crippen LogP contribution in [0.4, 0.5) is 0 Å². The lowest BCUT2D eigenvalue weighted by Gasteiger charge is -2.12. The Bertz CT molecular complexity index is 990. The fourth-order valence-electron chi connectivity index (χ4n) is 2.88. The molecule has 0 bridgehead atoms. The quantitative estimate of drug-likeness (QED) is 0.541. The van der Waals surface area contributed by atoms with Gasteiger partial charge in [-0.25, -0.2) is 9.78 Å². The van der Waals surface area contributed by atoms with Crippen LogP contribution in [-0.4, -0.2) is 15.5 Å². The van der Waals surface area contributed by atoms with Gasteiger partial charge in [-0.05, 0) is 48.2 Å². The Balaban J connectivity index is 1.78. The lowest BCUT2D eigenvalue weighted by atomic mass is 9.98. The number of aromatic nitrogens is 2. The summed E-state index contributed by atoms with van der Waals surface area (Å²) in [5.41, 5.74) is 2.64. The molecule has 0 atom stereocenters. The summed E-state index contributed by atoms with van der Waals surface area (Å²) < 4.78 is 6.64. The predicted octanol–water partition coefficient (Wildman–Crippen LogP) is 3.43. The number of benzene rings is 2. The zero-order chi connectivity index (χ0) is 18.0. The summed E-state index contributed by atoms with van der Waals surface area (Å²) in [6, 6.07) is 12.6. The standard InChI is InChI=1S/C20H20N2O3/c1-13(2)16-9-8-15(10-14(16)3)25-19(23)11-22-12-21-18-7-5-4-6-17(18)20(22)24/h4-10,12-13H,11H2,1-3H3. The fraction of sp³-hybridized carbons (Fsp3) is 0.250. The number of carbonyl (C=O) groups excluding carboxylic acids is 1. The van der Waals surface area contributed by atoms with E-state index < -0.39 is 5.97 Å². The number of aryl methyl sites for hydroxylation is 1. The summed E-state index contributed by atoms with van der Waals surface area (Å²) in [5.74, 6) is 0.386. The van der Waals surface area contributed by atoms with Crippen molar-refractivity contribution in [2.45, 2.75) is 33.2 Å². The lowest BCUT2D eigenvalue weighted by Crippen LogP contribution is -2.26. The first kappa shape index (κ1) is 16.9.